The lowest BCUT2D eigenvalue weighted by atomic mass is 10.0. The Labute approximate surface area is 214 Å². The minimum Gasteiger partial charge on any atom is -0.488 e. The summed E-state index contributed by atoms with van der Waals surface area (Å²) in [7, 11) is 3.87. The first-order chi connectivity index (χ1) is 17.4. The number of carbonyl (C=O) groups is 2. The second-order valence-electron chi connectivity index (χ2n) is 9.63. The molecule has 1 aliphatic heterocycles. The number of ether oxygens (including phenoxy) is 1. The number of fused-ring (bicyclic) bond motifs is 1. The molecule has 2 aromatic rings. The van der Waals surface area contributed by atoms with Crippen molar-refractivity contribution in [3.63, 3.8) is 0 Å². The van der Waals surface area contributed by atoms with Crippen molar-refractivity contribution in [2.24, 2.45) is 5.92 Å². The highest BCUT2D eigenvalue weighted by molar-refractivity contribution is 6.00. The number of amides is 3. The van der Waals surface area contributed by atoms with Gasteiger partial charge in [0, 0.05) is 35.9 Å². The molecule has 0 saturated carbocycles. The van der Waals surface area contributed by atoms with Crippen LogP contribution in [0, 0.1) is 5.92 Å². The summed E-state index contributed by atoms with van der Waals surface area (Å²) in [4.78, 5) is 29.3. The Morgan fingerprint density at radius 2 is 1.78 bits per heavy atom. The maximum Gasteiger partial charge on any atom is 0.416 e. The molecule has 2 aromatic carbocycles. The van der Waals surface area contributed by atoms with Gasteiger partial charge in [-0.3, -0.25) is 4.79 Å². The normalized spacial score (nSPS) is 19.3. The van der Waals surface area contributed by atoms with Gasteiger partial charge < -0.3 is 30.3 Å². The maximum absolute atomic E-state index is 13.2. The van der Waals surface area contributed by atoms with Gasteiger partial charge in [-0.2, -0.15) is 13.2 Å². The average Bonchev–Trinajstić information content (AvgIpc) is 2.86. The number of urea groups is 1. The topological polar surface area (TPSA) is 94.1 Å². The summed E-state index contributed by atoms with van der Waals surface area (Å²) in [6.07, 6.45) is -4.68. The van der Waals surface area contributed by atoms with E-state index in [4.69, 9.17) is 4.74 Å². The number of likely N-dealkylation sites (N-methyl/N-ethyl adjacent to an activating group) is 1. The number of alkyl halides is 3. The van der Waals surface area contributed by atoms with E-state index < -0.39 is 17.8 Å². The van der Waals surface area contributed by atoms with E-state index in [-0.39, 0.29) is 42.7 Å². The SMILES string of the molecule is C[C@@H]1CN([C@@H](C)CO)C(=O)Cc2cc(NC(=O)Nc3ccc(C(F)(F)F)cc3)ccc2O[C@@H]1CN(C)C. The third kappa shape index (κ3) is 7.59. The second-order valence-corrected chi connectivity index (χ2v) is 9.63. The van der Waals surface area contributed by atoms with Gasteiger partial charge in [0.1, 0.15) is 11.9 Å². The Balaban J connectivity index is 1.81. The predicted octanol–water partition coefficient (Wildman–Crippen LogP) is 4.06. The average molecular weight is 523 g/mol. The Hall–Kier alpha value is -3.31. The van der Waals surface area contributed by atoms with Gasteiger partial charge in [0.25, 0.3) is 0 Å². The zero-order chi connectivity index (χ0) is 27.3. The van der Waals surface area contributed by atoms with Crippen molar-refractivity contribution in [1.82, 2.24) is 9.80 Å². The van der Waals surface area contributed by atoms with E-state index in [1.165, 1.54) is 12.1 Å². The van der Waals surface area contributed by atoms with Gasteiger partial charge in [-0.25, -0.2) is 4.79 Å². The molecule has 0 fully saturated rings. The van der Waals surface area contributed by atoms with Crippen molar-refractivity contribution in [3.8, 4) is 5.75 Å². The predicted molar refractivity (Wildman–Crippen MR) is 135 cm³/mol. The first-order valence-corrected chi connectivity index (χ1v) is 12.0. The van der Waals surface area contributed by atoms with Gasteiger partial charge in [-0.15, -0.1) is 0 Å². The number of aliphatic hydroxyl groups is 1. The van der Waals surface area contributed by atoms with Crippen LogP contribution in [0.5, 0.6) is 5.75 Å². The third-order valence-electron chi connectivity index (χ3n) is 6.19. The highest BCUT2D eigenvalue weighted by Gasteiger charge is 2.31. The van der Waals surface area contributed by atoms with Crippen LogP contribution in [-0.2, 0) is 17.4 Å². The highest BCUT2D eigenvalue weighted by Crippen LogP contribution is 2.31. The summed E-state index contributed by atoms with van der Waals surface area (Å²) in [5, 5.41) is 14.9. The molecule has 3 amide bonds. The second kappa shape index (κ2) is 11.8. The van der Waals surface area contributed by atoms with E-state index in [9.17, 15) is 27.9 Å². The van der Waals surface area contributed by atoms with Crippen LogP contribution >= 0.6 is 0 Å². The van der Waals surface area contributed by atoms with E-state index in [1.807, 2.05) is 25.9 Å². The molecule has 3 atom stereocenters. The number of benzene rings is 2. The van der Waals surface area contributed by atoms with Gasteiger partial charge >= 0.3 is 12.2 Å². The molecule has 0 aromatic heterocycles. The van der Waals surface area contributed by atoms with E-state index in [0.717, 1.165) is 12.1 Å². The molecule has 0 bridgehead atoms. The minimum atomic E-state index is -4.46. The molecule has 0 unspecified atom stereocenters. The quantitative estimate of drug-likeness (QED) is 0.532. The lowest BCUT2D eigenvalue weighted by molar-refractivity contribution is -0.137. The summed E-state index contributed by atoms with van der Waals surface area (Å²) in [6, 6.07) is 8.06. The summed E-state index contributed by atoms with van der Waals surface area (Å²) < 4.78 is 44.6. The maximum atomic E-state index is 13.2. The number of rotatable bonds is 6. The lowest BCUT2D eigenvalue weighted by Gasteiger charge is -2.33. The van der Waals surface area contributed by atoms with Gasteiger partial charge in [0.2, 0.25) is 5.91 Å². The standard InChI is InChI=1S/C26H33F3N4O4/c1-16-13-33(17(2)15-34)24(35)12-18-11-21(9-10-22(18)37-23(16)14-32(3)4)31-25(36)30-20-7-5-19(6-8-20)26(27,28)29/h5-11,16-17,23,34H,12-15H2,1-4H3,(H2,30,31,36)/t16-,17+,23-/m1/s1. The van der Waals surface area contributed by atoms with Crippen LogP contribution in [0.1, 0.15) is 25.0 Å². The van der Waals surface area contributed by atoms with Crippen LogP contribution in [0.15, 0.2) is 42.5 Å². The molecule has 37 heavy (non-hydrogen) atoms. The number of aliphatic hydroxyl groups excluding tert-OH is 1. The zero-order valence-corrected chi connectivity index (χ0v) is 21.3. The van der Waals surface area contributed by atoms with Gasteiger partial charge in [0.05, 0.1) is 24.6 Å². The number of hydrogen-bond acceptors (Lipinski definition) is 5. The van der Waals surface area contributed by atoms with Crippen molar-refractivity contribution >= 4 is 23.3 Å². The van der Waals surface area contributed by atoms with Gasteiger partial charge in [-0.1, -0.05) is 6.92 Å². The number of halogens is 3. The van der Waals surface area contributed by atoms with Crippen molar-refractivity contribution in [3.05, 3.63) is 53.6 Å². The first kappa shape index (κ1) is 28.3. The van der Waals surface area contributed by atoms with Crippen LogP contribution in [0.4, 0.5) is 29.3 Å². The van der Waals surface area contributed by atoms with Gasteiger partial charge in [0.15, 0.2) is 0 Å². The molecule has 8 nitrogen and oxygen atoms in total. The molecule has 0 radical (unpaired) electrons. The van der Waals surface area contributed by atoms with Crippen LogP contribution in [0.2, 0.25) is 0 Å². The fourth-order valence-electron chi connectivity index (χ4n) is 4.12. The molecule has 0 spiro atoms. The Kier molecular flexibility index (Phi) is 9.03. The number of hydrogen-bond donors (Lipinski definition) is 3. The zero-order valence-electron chi connectivity index (χ0n) is 21.3. The summed E-state index contributed by atoms with van der Waals surface area (Å²) >= 11 is 0. The fraction of sp³-hybridized carbons (Fsp3) is 0.462. The van der Waals surface area contributed by atoms with Crippen molar-refractivity contribution < 1.29 is 32.6 Å². The molecular formula is C26H33F3N4O4. The summed E-state index contributed by atoms with van der Waals surface area (Å²) in [5.74, 6) is 0.341. The molecular weight excluding hydrogens is 489 g/mol. The van der Waals surface area contributed by atoms with E-state index >= 15 is 0 Å². The van der Waals surface area contributed by atoms with E-state index in [1.54, 1.807) is 30.0 Å². The molecule has 0 saturated heterocycles. The smallest absolute Gasteiger partial charge is 0.416 e. The lowest BCUT2D eigenvalue weighted by Crippen LogP contribution is -2.47. The largest absolute Gasteiger partial charge is 0.488 e. The van der Waals surface area contributed by atoms with Crippen molar-refractivity contribution in [1.29, 1.82) is 0 Å². The van der Waals surface area contributed by atoms with Crippen molar-refractivity contribution in [2.75, 3.05) is 44.4 Å². The Bertz CT molecular complexity index is 1090. The molecule has 1 aliphatic rings. The van der Waals surface area contributed by atoms with Crippen LogP contribution in [0.3, 0.4) is 0 Å². The number of carbonyl (C=O) groups excluding carboxylic acids is 2. The number of nitrogens with zero attached hydrogens (tertiary/aromatic N) is 2. The third-order valence-corrected chi connectivity index (χ3v) is 6.19. The molecule has 0 aliphatic carbocycles. The highest BCUT2D eigenvalue weighted by atomic mass is 19.4. The van der Waals surface area contributed by atoms with Crippen LogP contribution in [0.25, 0.3) is 0 Å². The molecule has 1 heterocycles. The van der Waals surface area contributed by atoms with Gasteiger partial charge in [-0.05, 0) is 63.5 Å². The molecule has 3 rings (SSSR count). The van der Waals surface area contributed by atoms with Crippen LogP contribution in [-0.4, -0.2) is 72.8 Å². The number of anilines is 2. The van der Waals surface area contributed by atoms with E-state index in [2.05, 4.69) is 10.6 Å². The molecule has 11 heteroatoms. The number of nitrogens with one attached hydrogen (secondary N) is 2. The molecule has 3 N–H and O–H groups in total. The van der Waals surface area contributed by atoms with E-state index in [0.29, 0.717) is 30.1 Å². The Morgan fingerprint density at radius 1 is 1.16 bits per heavy atom. The Morgan fingerprint density at radius 3 is 2.38 bits per heavy atom. The first-order valence-electron chi connectivity index (χ1n) is 12.0. The van der Waals surface area contributed by atoms with Crippen LogP contribution < -0.4 is 15.4 Å². The summed E-state index contributed by atoms with van der Waals surface area (Å²) in [6.45, 7) is 4.66. The minimum absolute atomic E-state index is 0.0110. The monoisotopic (exact) mass is 522 g/mol. The fourth-order valence-corrected chi connectivity index (χ4v) is 4.12. The summed E-state index contributed by atoms with van der Waals surface area (Å²) in [5.41, 5.74) is 0.344. The molecule has 202 valence electrons. The van der Waals surface area contributed by atoms with Crippen molar-refractivity contribution in [2.45, 2.75) is 38.6 Å².